The minimum atomic E-state index is 0.301. The maximum Gasteiger partial charge on any atom is 0.135 e. The van der Waals surface area contributed by atoms with Crippen LogP contribution in [0.2, 0.25) is 0 Å². The number of halogens is 1. The van der Waals surface area contributed by atoms with E-state index in [2.05, 4.69) is 32.7 Å². The van der Waals surface area contributed by atoms with Crippen LogP contribution in [-0.2, 0) is 4.79 Å². The Balaban J connectivity index is 2.07. The molecule has 0 spiro atoms. The fraction of sp³-hybridized carbons (Fsp3) is 0.417. The van der Waals surface area contributed by atoms with Gasteiger partial charge < -0.3 is 5.73 Å². The number of aromatic nitrogens is 3. The van der Waals surface area contributed by atoms with Crippen LogP contribution in [0.4, 0.5) is 5.82 Å². The highest BCUT2D eigenvalue weighted by Gasteiger charge is 2.23. The number of pyridine rings is 1. The fourth-order valence-electron chi connectivity index (χ4n) is 2.52. The normalized spacial score (nSPS) is 17.5. The van der Waals surface area contributed by atoms with E-state index in [1.165, 1.54) is 0 Å². The Kier molecular flexibility index (Phi) is 2.96. The minimum Gasteiger partial charge on any atom is -0.383 e. The molecule has 2 N–H and O–H groups in total. The molecule has 3 rings (SSSR count). The Labute approximate surface area is 118 Å². The summed E-state index contributed by atoms with van der Waals surface area (Å²) in [6, 6.07) is 2.24. The van der Waals surface area contributed by atoms with Gasteiger partial charge in [0.2, 0.25) is 0 Å². The lowest BCUT2D eigenvalue weighted by atomic mass is 9.94. The number of Topliss-reactive ketones (excluding diaryl/α,β-unsaturated/α-hetero) is 1. The Hall–Kier alpha value is -1.18. The van der Waals surface area contributed by atoms with Crippen LogP contribution >= 0.6 is 22.6 Å². The Morgan fingerprint density at radius 3 is 2.83 bits per heavy atom. The third kappa shape index (κ3) is 1.88. The van der Waals surface area contributed by atoms with Crippen LogP contribution in [-0.4, -0.2) is 20.5 Å². The molecule has 2 aromatic rings. The number of fused-ring (bicyclic) bond motifs is 1. The van der Waals surface area contributed by atoms with Gasteiger partial charge in [-0.25, -0.2) is 4.98 Å². The molecule has 6 heteroatoms. The SMILES string of the molecule is Nc1nccc2c1c(I)nn2C1CCC(=O)CC1. The molecular weight excluding hydrogens is 343 g/mol. The molecule has 1 aliphatic rings. The molecule has 1 aliphatic carbocycles. The lowest BCUT2D eigenvalue weighted by molar-refractivity contribution is -0.120. The fourth-order valence-corrected chi connectivity index (χ4v) is 3.30. The van der Waals surface area contributed by atoms with Crippen molar-refractivity contribution >= 4 is 45.1 Å². The quantitative estimate of drug-likeness (QED) is 0.796. The molecule has 18 heavy (non-hydrogen) atoms. The Bertz CT molecular complexity index is 612. The van der Waals surface area contributed by atoms with Gasteiger partial charge in [-0.3, -0.25) is 9.48 Å². The molecule has 0 unspecified atom stereocenters. The Morgan fingerprint density at radius 2 is 2.11 bits per heavy atom. The number of carbonyl (C=O) groups excluding carboxylic acids is 1. The molecule has 0 radical (unpaired) electrons. The molecule has 2 heterocycles. The number of nitrogens with zero attached hydrogens (tertiary/aromatic N) is 3. The zero-order chi connectivity index (χ0) is 12.7. The van der Waals surface area contributed by atoms with Crippen molar-refractivity contribution in [2.75, 3.05) is 5.73 Å². The third-order valence-corrected chi connectivity index (χ3v) is 4.22. The highest BCUT2D eigenvalue weighted by molar-refractivity contribution is 14.1. The zero-order valence-corrected chi connectivity index (χ0v) is 11.9. The molecular formula is C12H13IN4O. The number of carbonyl (C=O) groups is 1. The number of nitrogen functional groups attached to an aromatic ring is 1. The van der Waals surface area contributed by atoms with Gasteiger partial charge in [0.05, 0.1) is 16.9 Å². The topological polar surface area (TPSA) is 73.8 Å². The van der Waals surface area contributed by atoms with Crippen LogP contribution in [0.3, 0.4) is 0 Å². The molecule has 0 saturated heterocycles. The molecule has 94 valence electrons. The lowest BCUT2D eigenvalue weighted by Crippen LogP contribution is -2.18. The first-order valence-corrected chi connectivity index (χ1v) is 7.04. The predicted molar refractivity (Wildman–Crippen MR) is 77.2 cm³/mol. The van der Waals surface area contributed by atoms with Crippen LogP contribution in [0, 0.1) is 3.70 Å². The molecule has 1 saturated carbocycles. The van der Waals surface area contributed by atoms with Gasteiger partial charge in [0, 0.05) is 19.0 Å². The van der Waals surface area contributed by atoms with E-state index in [4.69, 9.17) is 5.73 Å². The van der Waals surface area contributed by atoms with Crippen LogP contribution in [0.15, 0.2) is 12.3 Å². The first kappa shape index (κ1) is 11.9. The molecule has 0 atom stereocenters. The van der Waals surface area contributed by atoms with E-state index in [0.29, 0.717) is 30.5 Å². The largest absolute Gasteiger partial charge is 0.383 e. The van der Waals surface area contributed by atoms with Crippen molar-refractivity contribution in [1.29, 1.82) is 0 Å². The van der Waals surface area contributed by atoms with Gasteiger partial charge in [0.1, 0.15) is 15.3 Å². The number of nitrogens with two attached hydrogens (primary N) is 1. The summed E-state index contributed by atoms with van der Waals surface area (Å²) in [5, 5.41) is 5.50. The average molecular weight is 356 g/mol. The molecule has 5 nitrogen and oxygen atoms in total. The van der Waals surface area contributed by atoms with Crippen LogP contribution in [0.1, 0.15) is 31.7 Å². The standard InChI is InChI=1S/C12H13IN4O/c13-11-10-9(5-6-15-12(10)14)17(16-11)7-1-3-8(18)4-2-7/h5-7H,1-4H2,(H2,14,15). The summed E-state index contributed by atoms with van der Waals surface area (Å²) in [6.07, 6.45) is 4.76. The smallest absolute Gasteiger partial charge is 0.135 e. The van der Waals surface area contributed by atoms with E-state index in [1.807, 2.05) is 10.7 Å². The number of hydrogen-bond donors (Lipinski definition) is 1. The summed E-state index contributed by atoms with van der Waals surface area (Å²) in [6.45, 7) is 0. The van der Waals surface area contributed by atoms with E-state index in [-0.39, 0.29) is 0 Å². The van der Waals surface area contributed by atoms with Crippen molar-refractivity contribution in [3.63, 3.8) is 0 Å². The maximum atomic E-state index is 11.3. The predicted octanol–water partition coefficient (Wildman–Crippen LogP) is 2.30. The van der Waals surface area contributed by atoms with Gasteiger partial charge in [0.15, 0.2) is 0 Å². The van der Waals surface area contributed by atoms with Crippen molar-refractivity contribution in [2.24, 2.45) is 0 Å². The monoisotopic (exact) mass is 356 g/mol. The van der Waals surface area contributed by atoms with E-state index >= 15 is 0 Å². The highest BCUT2D eigenvalue weighted by Crippen LogP contribution is 2.32. The van der Waals surface area contributed by atoms with Gasteiger partial charge >= 0.3 is 0 Å². The van der Waals surface area contributed by atoms with Crippen molar-refractivity contribution in [2.45, 2.75) is 31.7 Å². The van der Waals surface area contributed by atoms with Crippen molar-refractivity contribution in [3.8, 4) is 0 Å². The lowest BCUT2D eigenvalue weighted by Gasteiger charge is -2.22. The number of hydrogen-bond acceptors (Lipinski definition) is 4. The maximum absolute atomic E-state index is 11.3. The molecule has 0 aromatic carbocycles. The summed E-state index contributed by atoms with van der Waals surface area (Å²) >= 11 is 2.19. The summed E-state index contributed by atoms with van der Waals surface area (Å²) in [7, 11) is 0. The van der Waals surface area contributed by atoms with Gasteiger partial charge in [-0.05, 0) is 41.5 Å². The second-order valence-corrected chi connectivity index (χ2v) is 5.62. The first-order valence-electron chi connectivity index (χ1n) is 5.96. The van der Waals surface area contributed by atoms with Crippen LogP contribution in [0.25, 0.3) is 10.9 Å². The minimum absolute atomic E-state index is 0.301. The van der Waals surface area contributed by atoms with E-state index in [0.717, 1.165) is 27.4 Å². The van der Waals surface area contributed by atoms with Gasteiger partial charge in [0.25, 0.3) is 0 Å². The Morgan fingerprint density at radius 1 is 1.39 bits per heavy atom. The number of ketones is 1. The second-order valence-electron chi connectivity index (χ2n) is 4.60. The molecule has 0 amide bonds. The number of anilines is 1. The summed E-state index contributed by atoms with van der Waals surface area (Å²) < 4.78 is 2.90. The van der Waals surface area contributed by atoms with Gasteiger partial charge in [-0.2, -0.15) is 5.10 Å². The third-order valence-electron chi connectivity index (χ3n) is 3.47. The van der Waals surface area contributed by atoms with Crippen molar-refractivity contribution in [1.82, 2.24) is 14.8 Å². The molecule has 0 aliphatic heterocycles. The first-order chi connectivity index (χ1) is 8.66. The molecule has 2 aromatic heterocycles. The van der Waals surface area contributed by atoms with Crippen LogP contribution in [0.5, 0.6) is 0 Å². The van der Waals surface area contributed by atoms with Gasteiger partial charge in [-0.15, -0.1) is 0 Å². The number of rotatable bonds is 1. The van der Waals surface area contributed by atoms with E-state index in [1.54, 1.807) is 6.20 Å². The van der Waals surface area contributed by atoms with Crippen molar-refractivity contribution < 1.29 is 4.79 Å². The van der Waals surface area contributed by atoms with Gasteiger partial charge in [-0.1, -0.05) is 0 Å². The van der Waals surface area contributed by atoms with Crippen molar-refractivity contribution in [3.05, 3.63) is 16.0 Å². The van der Waals surface area contributed by atoms with E-state index in [9.17, 15) is 4.79 Å². The zero-order valence-electron chi connectivity index (χ0n) is 9.77. The second kappa shape index (κ2) is 4.49. The molecule has 1 fully saturated rings. The average Bonchev–Trinajstić information content (AvgIpc) is 2.69. The van der Waals surface area contributed by atoms with Crippen LogP contribution < -0.4 is 5.73 Å². The summed E-state index contributed by atoms with van der Waals surface area (Å²) in [4.78, 5) is 15.4. The summed E-state index contributed by atoms with van der Waals surface area (Å²) in [5.41, 5.74) is 6.92. The molecule has 0 bridgehead atoms. The highest BCUT2D eigenvalue weighted by atomic mass is 127. The van der Waals surface area contributed by atoms with E-state index < -0.39 is 0 Å². The summed E-state index contributed by atoms with van der Waals surface area (Å²) in [5.74, 6) is 0.883.